The van der Waals surface area contributed by atoms with Crippen molar-refractivity contribution in [3.63, 3.8) is 0 Å². The fraction of sp³-hybridized carbons (Fsp3) is 0.250. The van der Waals surface area contributed by atoms with E-state index in [-0.39, 0.29) is 0 Å². The summed E-state index contributed by atoms with van der Waals surface area (Å²) in [6, 6.07) is 9.93. The topological polar surface area (TPSA) is 53.9 Å². The van der Waals surface area contributed by atoms with E-state index in [2.05, 4.69) is 21.3 Å². The van der Waals surface area contributed by atoms with E-state index in [0.29, 0.717) is 0 Å². The summed E-state index contributed by atoms with van der Waals surface area (Å²) in [6.07, 6.45) is 4.65. The molecule has 1 aromatic carbocycles. The number of hydrogen-bond acceptors (Lipinski definition) is 6. The smallest absolute Gasteiger partial charge is 0.162 e. The van der Waals surface area contributed by atoms with Crippen LogP contribution in [0.4, 0.5) is 5.82 Å². The first-order valence-electron chi connectivity index (χ1n) is 9.06. The Hall–Kier alpha value is -2.28. The first-order valence-corrected chi connectivity index (χ1v) is 10.3. The van der Waals surface area contributed by atoms with Crippen LogP contribution in [0.25, 0.3) is 31.7 Å². The molecule has 0 spiro atoms. The van der Waals surface area contributed by atoms with Crippen molar-refractivity contribution in [2.24, 2.45) is 0 Å². The van der Waals surface area contributed by atoms with Crippen molar-refractivity contribution in [2.45, 2.75) is 6.42 Å². The van der Waals surface area contributed by atoms with Gasteiger partial charge in [-0.25, -0.2) is 9.97 Å². The van der Waals surface area contributed by atoms with Crippen LogP contribution >= 0.6 is 22.9 Å². The number of hydrogen-bond donors (Lipinski definition) is 1. The predicted molar refractivity (Wildman–Crippen MR) is 113 cm³/mol. The third-order valence-corrected chi connectivity index (χ3v) is 6.31. The molecule has 4 aromatic rings. The number of fused-ring (bicyclic) bond motifs is 3. The van der Waals surface area contributed by atoms with Gasteiger partial charge in [-0.2, -0.15) is 0 Å². The molecule has 3 aromatic heterocycles. The molecule has 0 bridgehead atoms. The SMILES string of the molecule is Clc1cccc2sc3c(N4CCCNCC4)nc(-c4ccncc4)nc3c12. The van der Waals surface area contributed by atoms with E-state index < -0.39 is 0 Å². The molecule has 0 aliphatic carbocycles. The van der Waals surface area contributed by atoms with E-state index in [1.807, 2.05) is 24.3 Å². The second-order valence-electron chi connectivity index (χ2n) is 6.59. The van der Waals surface area contributed by atoms with Gasteiger partial charge in [0, 0.05) is 47.7 Å². The van der Waals surface area contributed by atoms with Crippen LogP contribution in [-0.4, -0.2) is 41.1 Å². The number of nitrogens with zero attached hydrogens (tertiary/aromatic N) is 4. The normalized spacial score (nSPS) is 15.4. The average molecular weight is 396 g/mol. The molecular formula is C20H18ClN5S. The fourth-order valence-corrected chi connectivity index (χ4v) is 5.04. The Morgan fingerprint density at radius 3 is 2.81 bits per heavy atom. The van der Waals surface area contributed by atoms with Crippen LogP contribution in [0.1, 0.15) is 6.42 Å². The van der Waals surface area contributed by atoms with E-state index in [9.17, 15) is 0 Å². The third kappa shape index (κ3) is 3.04. The summed E-state index contributed by atoms with van der Waals surface area (Å²) in [5.41, 5.74) is 1.90. The summed E-state index contributed by atoms with van der Waals surface area (Å²) < 4.78 is 2.26. The molecule has 5 nitrogen and oxygen atoms in total. The van der Waals surface area contributed by atoms with Crippen molar-refractivity contribution < 1.29 is 0 Å². The number of anilines is 1. The highest BCUT2D eigenvalue weighted by atomic mass is 35.5. The lowest BCUT2D eigenvalue weighted by Gasteiger charge is -2.22. The number of rotatable bonds is 2. The Morgan fingerprint density at radius 2 is 1.93 bits per heavy atom. The van der Waals surface area contributed by atoms with Crippen LogP contribution in [-0.2, 0) is 0 Å². The lowest BCUT2D eigenvalue weighted by Crippen LogP contribution is -2.28. The van der Waals surface area contributed by atoms with Crippen molar-refractivity contribution in [1.29, 1.82) is 0 Å². The van der Waals surface area contributed by atoms with Gasteiger partial charge in [0.25, 0.3) is 0 Å². The fourth-order valence-electron chi connectivity index (χ4n) is 3.53. The monoisotopic (exact) mass is 395 g/mol. The van der Waals surface area contributed by atoms with Gasteiger partial charge in [-0.1, -0.05) is 17.7 Å². The number of nitrogens with one attached hydrogen (secondary N) is 1. The van der Waals surface area contributed by atoms with Crippen LogP contribution in [0.5, 0.6) is 0 Å². The van der Waals surface area contributed by atoms with Crippen LogP contribution in [0, 0.1) is 0 Å². The Balaban J connectivity index is 1.80. The van der Waals surface area contributed by atoms with Crippen LogP contribution < -0.4 is 10.2 Å². The van der Waals surface area contributed by atoms with Gasteiger partial charge in [-0.3, -0.25) is 4.98 Å². The second-order valence-corrected chi connectivity index (χ2v) is 8.05. The van der Waals surface area contributed by atoms with E-state index in [0.717, 1.165) is 75.1 Å². The molecular weight excluding hydrogens is 378 g/mol. The molecule has 0 atom stereocenters. The lowest BCUT2D eigenvalue weighted by molar-refractivity contribution is 0.724. The molecule has 0 saturated carbocycles. The maximum atomic E-state index is 6.55. The number of pyridine rings is 1. The number of benzene rings is 1. The van der Waals surface area contributed by atoms with Gasteiger partial charge < -0.3 is 10.2 Å². The summed E-state index contributed by atoms with van der Waals surface area (Å²) >= 11 is 8.28. The predicted octanol–water partition coefficient (Wildman–Crippen LogP) is 4.36. The molecule has 0 amide bonds. The molecule has 1 aliphatic heterocycles. The van der Waals surface area contributed by atoms with Gasteiger partial charge in [-0.05, 0) is 37.2 Å². The Morgan fingerprint density at radius 1 is 1.04 bits per heavy atom. The van der Waals surface area contributed by atoms with Crippen molar-refractivity contribution in [1.82, 2.24) is 20.3 Å². The van der Waals surface area contributed by atoms with Crippen LogP contribution in [0.3, 0.4) is 0 Å². The molecule has 0 radical (unpaired) electrons. The van der Waals surface area contributed by atoms with Gasteiger partial charge in [0.1, 0.15) is 0 Å². The lowest BCUT2D eigenvalue weighted by atomic mass is 10.2. The zero-order valence-electron chi connectivity index (χ0n) is 14.7. The maximum absolute atomic E-state index is 6.55. The summed E-state index contributed by atoms with van der Waals surface area (Å²) in [5, 5.41) is 5.22. The minimum absolute atomic E-state index is 0.719. The molecule has 1 aliphatic rings. The molecule has 136 valence electrons. The number of aromatic nitrogens is 3. The average Bonchev–Trinajstić information content (AvgIpc) is 2.88. The van der Waals surface area contributed by atoms with Crippen molar-refractivity contribution >= 4 is 49.1 Å². The van der Waals surface area contributed by atoms with E-state index in [1.54, 1.807) is 23.7 Å². The summed E-state index contributed by atoms with van der Waals surface area (Å²) in [6.45, 7) is 3.92. The summed E-state index contributed by atoms with van der Waals surface area (Å²) in [5.74, 6) is 1.73. The van der Waals surface area contributed by atoms with Gasteiger partial charge in [0.15, 0.2) is 11.6 Å². The molecule has 1 N–H and O–H groups in total. The van der Waals surface area contributed by atoms with Gasteiger partial charge in [-0.15, -0.1) is 11.3 Å². The van der Waals surface area contributed by atoms with E-state index >= 15 is 0 Å². The highest BCUT2D eigenvalue weighted by Gasteiger charge is 2.21. The summed E-state index contributed by atoms with van der Waals surface area (Å²) in [4.78, 5) is 16.4. The standard InChI is InChI=1S/C20H18ClN5S/c21-14-3-1-4-15-16(14)17-18(27-15)20(26-11-2-7-22-10-12-26)25-19(24-17)13-5-8-23-9-6-13/h1,3-6,8-9,22H,2,7,10-12H2. The first kappa shape index (κ1) is 16.9. The Bertz CT molecular complexity index is 1100. The van der Waals surface area contributed by atoms with Gasteiger partial charge >= 0.3 is 0 Å². The van der Waals surface area contributed by atoms with Gasteiger partial charge in [0.2, 0.25) is 0 Å². The largest absolute Gasteiger partial charge is 0.354 e. The molecule has 1 saturated heterocycles. The molecule has 4 heterocycles. The number of thiophene rings is 1. The quantitative estimate of drug-likeness (QED) is 0.546. The highest BCUT2D eigenvalue weighted by molar-refractivity contribution is 7.26. The Kier molecular flexibility index (Phi) is 4.39. The van der Waals surface area contributed by atoms with E-state index in [4.69, 9.17) is 21.6 Å². The second kappa shape index (κ2) is 7.03. The van der Waals surface area contributed by atoms with Crippen molar-refractivity contribution in [2.75, 3.05) is 31.1 Å². The van der Waals surface area contributed by atoms with Gasteiger partial charge in [0.05, 0.1) is 15.2 Å². The molecule has 27 heavy (non-hydrogen) atoms. The molecule has 7 heteroatoms. The van der Waals surface area contributed by atoms with Crippen molar-refractivity contribution in [3.05, 3.63) is 47.7 Å². The van der Waals surface area contributed by atoms with Crippen LogP contribution in [0.2, 0.25) is 5.02 Å². The number of halogens is 1. The maximum Gasteiger partial charge on any atom is 0.162 e. The van der Waals surface area contributed by atoms with E-state index in [1.165, 1.54) is 0 Å². The van der Waals surface area contributed by atoms with Crippen molar-refractivity contribution in [3.8, 4) is 11.4 Å². The highest BCUT2D eigenvalue weighted by Crippen LogP contribution is 2.41. The minimum Gasteiger partial charge on any atom is -0.354 e. The first-order chi connectivity index (χ1) is 13.3. The molecule has 1 fully saturated rings. The zero-order valence-corrected chi connectivity index (χ0v) is 16.2. The minimum atomic E-state index is 0.719. The third-order valence-electron chi connectivity index (χ3n) is 4.85. The zero-order chi connectivity index (χ0) is 18.2. The summed E-state index contributed by atoms with van der Waals surface area (Å²) in [7, 11) is 0. The molecule has 0 unspecified atom stereocenters. The molecule has 5 rings (SSSR count). The Labute approximate surface area is 166 Å². The van der Waals surface area contributed by atoms with Crippen LogP contribution in [0.15, 0.2) is 42.7 Å².